The first-order valence-electron chi connectivity index (χ1n) is 4.82. The lowest BCUT2D eigenvalue weighted by Gasteiger charge is -2.21. The third-order valence-corrected chi connectivity index (χ3v) is 2.83. The van der Waals surface area contributed by atoms with Gasteiger partial charge in [-0.05, 0) is 13.8 Å². The van der Waals surface area contributed by atoms with Gasteiger partial charge in [0.2, 0.25) is 0 Å². The number of thioether (sulfide) groups is 1. The molecule has 2 nitrogen and oxygen atoms in total. The predicted molar refractivity (Wildman–Crippen MR) is 61.3 cm³/mol. The normalized spacial score (nSPS) is 15.0. The molecule has 0 aliphatic rings. The molecule has 0 aromatic carbocycles. The van der Waals surface area contributed by atoms with Crippen molar-refractivity contribution in [3.8, 4) is 0 Å². The van der Waals surface area contributed by atoms with Crippen molar-refractivity contribution in [2.75, 3.05) is 12.4 Å². The molecule has 1 atom stereocenters. The maximum atomic E-state index is 5.88. The molecular weight excluding hydrogens is 182 g/mol. The van der Waals surface area contributed by atoms with Crippen molar-refractivity contribution < 1.29 is 4.74 Å². The summed E-state index contributed by atoms with van der Waals surface area (Å²) in [4.78, 5) is 0. The van der Waals surface area contributed by atoms with Crippen molar-refractivity contribution in [3.63, 3.8) is 0 Å². The van der Waals surface area contributed by atoms with Gasteiger partial charge in [-0.1, -0.05) is 20.8 Å². The van der Waals surface area contributed by atoms with E-state index in [0.717, 1.165) is 5.75 Å². The van der Waals surface area contributed by atoms with Crippen LogP contribution < -0.4 is 5.73 Å². The number of nitrogens with two attached hydrogens (primary N) is 1. The van der Waals surface area contributed by atoms with Crippen LogP contribution in [-0.4, -0.2) is 29.3 Å². The highest BCUT2D eigenvalue weighted by atomic mass is 32.2. The van der Waals surface area contributed by atoms with Gasteiger partial charge < -0.3 is 10.5 Å². The van der Waals surface area contributed by atoms with Crippen molar-refractivity contribution in [1.82, 2.24) is 0 Å². The van der Waals surface area contributed by atoms with Gasteiger partial charge in [0.15, 0.2) is 0 Å². The highest BCUT2D eigenvalue weighted by molar-refractivity contribution is 8.00. The van der Waals surface area contributed by atoms with Crippen molar-refractivity contribution in [2.24, 2.45) is 5.73 Å². The van der Waals surface area contributed by atoms with Crippen molar-refractivity contribution in [1.29, 1.82) is 0 Å². The zero-order valence-electron chi connectivity index (χ0n) is 9.46. The van der Waals surface area contributed by atoms with E-state index in [4.69, 9.17) is 10.5 Å². The summed E-state index contributed by atoms with van der Waals surface area (Å²) in [6, 6.07) is 0.159. The Balaban J connectivity index is 3.46. The fraction of sp³-hybridized carbons (Fsp3) is 1.00. The van der Waals surface area contributed by atoms with E-state index < -0.39 is 0 Å². The first-order valence-corrected chi connectivity index (χ1v) is 5.81. The lowest BCUT2D eigenvalue weighted by Crippen LogP contribution is -2.31. The molecule has 0 aromatic heterocycles. The summed E-state index contributed by atoms with van der Waals surface area (Å²) in [5, 5.41) is 0. The quantitative estimate of drug-likeness (QED) is 0.748. The molecule has 0 amide bonds. The third-order valence-electron chi connectivity index (χ3n) is 1.37. The molecule has 13 heavy (non-hydrogen) atoms. The lowest BCUT2D eigenvalue weighted by molar-refractivity contribution is 0.0719. The second-order valence-electron chi connectivity index (χ2n) is 4.57. The molecule has 3 heteroatoms. The molecule has 2 N–H and O–H groups in total. The van der Waals surface area contributed by atoms with Crippen LogP contribution in [0.25, 0.3) is 0 Å². The van der Waals surface area contributed by atoms with Crippen LogP contribution in [0.4, 0.5) is 0 Å². The van der Waals surface area contributed by atoms with E-state index in [-0.39, 0.29) is 12.1 Å². The molecule has 0 bridgehead atoms. The van der Waals surface area contributed by atoms with Crippen LogP contribution >= 0.6 is 11.8 Å². The van der Waals surface area contributed by atoms with E-state index in [1.165, 1.54) is 0 Å². The van der Waals surface area contributed by atoms with Crippen LogP contribution in [0.3, 0.4) is 0 Å². The van der Waals surface area contributed by atoms with E-state index in [1.54, 1.807) is 0 Å². The summed E-state index contributed by atoms with van der Waals surface area (Å²) in [5.74, 6) is 0.968. The molecule has 0 rings (SSSR count). The first kappa shape index (κ1) is 13.3. The molecule has 0 spiro atoms. The van der Waals surface area contributed by atoms with Gasteiger partial charge in [-0.3, -0.25) is 0 Å². The summed E-state index contributed by atoms with van der Waals surface area (Å²) < 4.78 is 5.73. The van der Waals surface area contributed by atoms with Gasteiger partial charge in [-0.25, -0.2) is 0 Å². The minimum absolute atomic E-state index is 0.159. The van der Waals surface area contributed by atoms with Gasteiger partial charge in [0.1, 0.15) is 0 Å². The predicted octanol–water partition coefficient (Wildman–Crippen LogP) is 2.27. The molecule has 1 unspecified atom stereocenters. The highest BCUT2D eigenvalue weighted by Crippen LogP contribution is 2.23. The number of ether oxygens (including phenoxy) is 1. The fourth-order valence-electron chi connectivity index (χ4n) is 0.721. The van der Waals surface area contributed by atoms with E-state index in [0.29, 0.717) is 11.4 Å². The zero-order valence-corrected chi connectivity index (χ0v) is 10.3. The summed E-state index contributed by atoms with van der Waals surface area (Å²) >= 11 is 1.89. The molecule has 0 fully saturated rings. The van der Waals surface area contributed by atoms with Crippen LogP contribution in [0, 0.1) is 0 Å². The standard InChI is InChI=1S/C10H23NOS/c1-8(2)12-6-9(11)7-13-10(3,4)5/h8-9H,6-7,11H2,1-5H3. The Morgan fingerprint density at radius 3 is 2.23 bits per heavy atom. The minimum Gasteiger partial charge on any atom is -0.377 e. The molecule has 0 saturated heterocycles. The zero-order chi connectivity index (χ0) is 10.5. The van der Waals surface area contributed by atoms with Gasteiger partial charge >= 0.3 is 0 Å². The Morgan fingerprint density at radius 1 is 1.31 bits per heavy atom. The van der Waals surface area contributed by atoms with E-state index >= 15 is 0 Å². The maximum Gasteiger partial charge on any atom is 0.0629 e. The van der Waals surface area contributed by atoms with Crippen molar-refractivity contribution >= 4 is 11.8 Å². The van der Waals surface area contributed by atoms with E-state index in [1.807, 2.05) is 25.6 Å². The summed E-state index contributed by atoms with van der Waals surface area (Å²) in [5.41, 5.74) is 5.88. The third kappa shape index (κ3) is 10.2. The smallest absolute Gasteiger partial charge is 0.0629 e. The van der Waals surface area contributed by atoms with Crippen LogP contribution in [0.1, 0.15) is 34.6 Å². The largest absolute Gasteiger partial charge is 0.377 e. The molecule has 0 aliphatic carbocycles. The van der Waals surface area contributed by atoms with Gasteiger partial charge in [0, 0.05) is 16.5 Å². The van der Waals surface area contributed by atoms with Crippen LogP contribution in [0.15, 0.2) is 0 Å². The van der Waals surface area contributed by atoms with Crippen LogP contribution in [0.5, 0.6) is 0 Å². The van der Waals surface area contributed by atoms with Gasteiger partial charge in [-0.2, -0.15) is 11.8 Å². The van der Waals surface area contributed by atoms with Crippen LogP contribution in [0.2, 0.25) is 0 Å². The first-order chi connectivity index (χ1) is 5.81. The topological polar surface area (TPSA) is 35.2 Å². The number of hydrogen-bond donors (Lipinski definition) is 1. The van der Waals surface area contributed by atoms with Crippen molar-refractivity contribution in [2.45, 2.75) is 51.5 Å². The van der Waals surface area contributed by atoms with Gasteiger partial charge in [-0.15, -0.1) is 0 Å². The monoisotopic (exact) mass is 205 g/mol. The molecule has 0 aliphatic heterocycles. The maximum absolute atomic E-state index is 5.88. The SMILES string of the molecule is CC(C)OCC(N)CSC(C)(C)C. The second kappa shape index (κ2) is 5.89. The van der Waals surface area contributed by atoms with E-state index in [2.05, 4.69) is 20.8 Å². The molecule has 80 valence electrons. The number of rotatable bonds is 5. The lowest BCUT2D eigenvalue weighted by atomic mass is 10.3. The van der Waals surface area contributed by atoms with E-state index in [9.17, 15) is 0 Å². The van der Waals surface area contributed by atoms with Crippen molar-refractivity contribution in [3.05, 3.63) is 0 Å². The summed E-state index contributed by atoms with van der Waals surface area (Å²) in [6.07, 6.45) is 0.283. The second-order valence-corrected chi connectivity index (χ2v) is 6.41. The summed E-state index contributed by atoms with van der Waals surface area (Å²) in [6.45, 7) is 11.3. The molecule has 0 saturated carbocycles. The van der Waals surface area contributed by atoms with Crippen LogP contribution in [-0.2, 0) is 4.74 Å². The highest BCUT2D eigenvalue weighted by Gasteiger charge is 2.13. The van der Waals surface area contributed by atoms with Gasteiger partial charge in [0.25, 0.3) is 0 Å². The molecule has 0 radical (unpaired) electrons. The molecule has 0 aromatic rings. The fourth-order valence-corrected chi connectivity index (χ4v) is 1.53. The molecular formula is C10H23NOS. The minimum atomic E-state index is 0.159. The van der Waals surface area contributed by atoms with Gasteiger partial charge in [0.05, 0.1) is 12.7 Å². The Bertz CT molecular complexity index is 131. The molecule has 0 heterocycles. The Kier molecular flexibility index (Phi) is 6.01. The average Bonchev–Trinajstić information content (AvgIpc) is 1.95. The summed E-state index contributed by atoms with van der Waals surface area (Å²) in [7, 11) is 0. The Hall–Kier alpha value is 0.270. The average molecular weight is 205 g/mol. The Morgan fingerprint density at radius 2 is 1.85 bits per heavy atom. The Labute approximate surface area is 86.6 Å². The number of hydrogen-bond acceptors (Lipinski definition) is 3.